The van der Waals surface area contributed by atoms with E-state index in [1.54, 1.807) is 6.07 Å². The highest BCUT2D eigenvalue weighted by Crippen LogP contribution is 2.23. The lowest BCUT2D eigenvalue weighted by atomic mass is 10.0. The number of Topliss-reactive ketones (excluding diaryl/α,β-unsaturated/α-hetero) is 1. The van der Waals surface area contributed by atoms with Crippen molar-refractivity contribution in [2.45, 2.75) is 51.4 Å². The SMILES string of the molecule is COc1ccc(C(=O)CCCCCCCCC(=O)[O-])c([O-])c1. The van der Waals surface area contributed by atoms with Crippen LogP contribution in [0.1, 0.15) is 61.7 Å². The van der Waals surface area contributed by atoms with Crippen molar-refractivity contribution in [2.75, 3.05) is 7.11 Å². The molecule has 0 aromatic heterocycles. The minimum absolute atomic E-state index is 0.113. The van der Waals surface area contributed by atoms with Gasteiger partial charge in [-0.25, -0.2) is 0 Å². The standard InChI is InChI=1S/C17H24O5/c1-22-13-10-11-14(16(19)12-13)15(18)8-6-4-2-3-5-7-9-17(20)21/h10-12,19H,2-9H2,1H3,(H,20,21)/p-2. The van der Waals surface area contributed by atoms with Crippen LogP contribution in [0.25, 0.3) is 0 Å². The van der Waals surface area contributed by atoms with Crippen molar-refractivity contribution in [1.29, 1.82) is 0 Å². The Morgan fingerprint density at radius 2 is 1.59 bits per heavy atom. The average molecular weight is 306 g/mol. The maximum absolute atomic E-state index is 12.0. The van der Waals surface area contributed by atoms with Gasteiger partial charge < -0.3 is 19.7 Å². The third-order valence-electron chi connectivity index (χ3n) is 3.52. The van der Waals surface area contributed by atoms with E-state index < -0.39 is 5.97 Å². The summed E-state index contributed by atoms with van der Waals surface area (Å²) in [6.07, 6.45) is 5.55. The number of hydrogen-bond acceptors (Lipinski definition) is 5. The Morgan fingerprint density at radius 1 is 1.00 bits per heavy atom. The Balaban J connectivity index is 2.19. The van der Waals surface area contributed by atoms with Gasteiger partial charge in [0.05, 0.1) is 7.11 Å². The Hall–Kier alpha value is -2.04. The van der Waals surface area contributed by atoms with E-state index in [4.69, 9.17) is 4.74 Å². The maximum Gasteiger partial charge on any atom is 0.162 e. The predicted octanol–water partition coefficient (Wildman–Crippen LogP) is 1.82. The third kappa shape index (κ3) is 6.61. The number of unbranched alkanes of at least 4 members (excludes halogenated alkanes) is 5. The van der Waals surface area contributed by atoms with Crippen molar-refractivity contribution in [1.82, 2.24) is 0 Å². The molecule has 1 rings (SSSR count). The molecule has 1 aromatic carbocycles. The zero-order valence-corrected chi connectivity index (χ0v) is 12.9. The van der Waals surface area contributed by atoms with Crippen LogP contribution in [0.3, 0.4) is 0 Å². The summed E-state index contributed by atoms with van der Waals surface area (Å²) in [6.45, 7) is 0. The minimum Gasteiger partial charge on any atom is -0.872 e. The molecule has 0 aliphatic carbocycles. The Bertz CT molecular complexity index is 496. The van der Waals surface area contributed by atoms with E-state index >= 15 is 0 Å². The van der Waals surface area contributed by atoms with Gasteiger partial charge in [0, 0.05) is 18.0 Å². The summed E-state index contributed by atoms with van der Waals surface area (Å²) in [5.41, 5.74) is 0.217. The number of carboxylic acids is 1. The predicted molar refractivity (Wildman–Crippen MR) is 78.7 cm³/mol. The van der Waals surface area contributed by atoms with E-state index in [1.807, 2.05) is 0 Å². The van der Waals surface area contributed by atoms with Crippen molar-refractivity contribution < 1.29 is 24.5 Å². The number of methoxy groups -OCH3 is 1. The van der Waals surface area contributed by atoms with E-state index in [-0.39, 0.29) is 23.5 Å². The molecule has 0 saturated heterocycles. The number of carbonyl (C=O) groups excluding carboxylic acids is 2. The number of carboxylic acid groups (broad SMARTS) is 1. The number of benzene rings is 1. The molecule has 0 aliphatic rings. The number of rotatable bonds is 11. The van der Waals surface area contributed by atoms with Crippen LogP contribution in [0, 0.1) is 0 Å². The highest BCUT2D eigenvalue weighted by Gasteiger charge is 2.07. The summed E-state index contributed by atoms with van der Waals surface area (Å²) in [7, 11) is 1.48. The summed E-state index contributed by atoms with van der Waals surface area (Å²) < 4.78 is 4.94. The molecule has 0 fully saturated rings. The zero-order chi connectivity index (χ0) is 16.4. The molecule has 1 aromatic rings. The third-order valence-corrected chi connectivity index (χ3v) is 3.52. The van der Waals surface area contributed by atoms with Crippen molar-refractivity contribution in [3.05, 3.63) is 23.8 Å². The fraction of sp³-hybridized carbons (Fsp3) is 0.529. The molecule has 22 heavy (non-hydrogen) atoms. The van der Waals surface area contributed by atoms with Crippen LogP contribution in [0.4, 0.5) is 0 Å². The van der Waals surface area contributed by atoms with Gasteiger partial charge in [-0.1, -0.05) is 31.4 Å². The first-order valence-electron chi connectivity index (χ1n) is 7.62. The lowest BCUT2D eigenvalue weighted by Gasteiger charge is -2.13. The number of ether oxygens (including phenoxy) is 1. The molecule has 122 valence electrons. The molecular weight excluding hydrogens is 284 g/mol. The fourth-order valence-corrected chi connectivity index (χ4v) is 2.26. The molecule has 0 bridgehead atoms. The van der Waals surface area contributed by atoms with E-state index in [2.05, 4.69) is 0 Å². The molecule has 0 aliphatic heterocycles. The van der Waals surface area contributed by atoms with E-state index in [1.165, 1.54) is 19.2 Å². The van der Waals surface area contributed by atoms with Crippen LogP contribution in [0.15, 0.2) is 18.2 Å². The highest BCUT2D eigenvalue weighted by atomic mass is 16.5. The highest BCUT2D eigenvalue weighted by molar-refractivity contribution is 5.98. The molecule has 0 unspecified atom stereocenters. The normalized spacial score (nSPS) is 10.4. The second-order valence-electron chi connectivity index (χ2n) is 5.28. The van der Waals surface area contributed by atoms with Crippen LogP contribution in [0.5, 0.6) is 11.5 Å². The van der Waals surface area contributed by atoms with E-state index in [9.17, 15) is 19.8 Å². The second-order valence-corrected chi connectivity index (χ2v) is 5.28. The first-order chi connectivity index (χ1) is 10.5. The Labute approximate surface area is 130 Å². The maximum atomic E-state index is 12.0. The molecule has 0 N–H and O–H groups in total. The molecular formula is C17H22O5-2. The van der Waals surface area contributed by atoms with Crippen LogP contribution >= 0.6 is 0 Å². The van der Waals surface area contributed by atoms with Gasteiger partial charge in [-0.3, -0.25) is 4.79 Å². The average Bonchev–Trinajstić information content (AvgIpc) is 2.49. The topological polar surface area (TPSA) is 89.5 Å². The lowest BCUT2D eigenvalue weighted by Crippen LogP contribution is -2.21. The van der Waals surface area contributed by atoms with Crippen molar-refractivity contribution in [2.24, 2.45) is 0 Å². The molecule has 5 heteroatoms. The lowest BCUT2D eigenvalue weighted by molar-refractivity contribution is -0.305. The van der Waals surface area contributed by atoms with Crippen LogP contribution in [0.2, 0.25) is 0 Å². The number of aliphatic carboxylic acids is 1. The number of hydrogen-bond donors (Lipinski definition) is 0. The van der Waals surface area contributed by atoms with E-state index in [0.29, 0.717) is 18.6 Å². The van der Waals surface area contributed by atoms with Gasteiger partial charge in [0.2, 0.25) is 0 Å². The quantitative estimate of drug-likeness (QED) is 0.459. The van der Waals surface area contributed by atoms with Crippen LogP contribution in [-0.4, -0.2) is 18.9 Å². The smallest absolute Gasteiger partial charge is 0.162 e. The monoisotopic (exact) mass is 306 g/mol. The summed E-state index contributed by atoms with van der Waals surface area (Å²) >= 11 is 0. The van der Waals surface area contributed by atoms with Crippen LogP contribution in [-0.2, 0) is 4.79 Å². The van der Waals surface area contributed by atoms with Crippen LogP contribution < -0.4 is 14.9 Å². The van der Waals surface area contributed by atoms with Crippen molar-refractivity contribution >= 4 is 11.8 Å². The molecule has 0 atom stereocenters. The molecule has 0 saturated carbocycles. The fourth-order valence-electron chi connectivity index (χ4n) is 2.26. The summed E-state index contributed by atoms with van der Waals surface area (Å²) in [6, 6.07) is 4.46. The molecule has 0 amide bonds. The van der Waals surface area contributed by atoms with Gasteiger partial charge in [0.25, 0.3) is 0 Å². The van der Waals surface area contributed by atoms with Gasteiger partial charge in [-0.2, -0.15) is 0 Å². The molecule has 5 nitrogen and oxygen atoms in total. The molecule has 0 heterocycles. The van der Waals surface area contributed by atoms with Crippen molar-refractivity contribution in [3.8, 4) is 11.5 Å². The Morgan fingerprint density at radius 3 is 2.14 bits per heavy atom. The van der Waals surface area contributed by atoms with Gasteiger partial charge >= 0.3 is 0 Å². The molecule has 0 radical (unpaired) electrons. The summed E-state index contributed by atoms with van der Waals surface area (Å²) in [5, 5.41) is 22.0. The van der Waals surface area contributed by atoms with Gasteiger partial charge in [-0.15, -0.1) is 0 Å². The minimum atomic E-state index is -1.00. The van der Waals surface area contributed by atoms with Gasteiger partial charge in [-0.05, 0) is 37.5 Å². The number of ketones is 1. The zero-order valence-electron chi connectivity index (χ0n) is 12.9. The summed E-state index contributed by atoms with van der Waals surface area (Å²) in [5.74, 6) is -0.979. The van der Waals surface area contributed by atoms with Gasteiger partial charge in [0.15, 0.2) is 5.78 Å². The summed E-state index contributed by atoms with van der Waals surface area (Å²) in [4.78, 5) is 22.2. The van der Waals surface area contributed by atoms with E-state index in [0.717, 1.165) is 32.1 Å². The number of carbonyl (C=O) groups is 2. The first-order valence-corrected chi connectivity index (χ1v) is 7.62. The van der Waals surface area contributed by atoms with Gasteiger partial charge in [0.1, 0.15) is 5.75 Å². The largest absolute Gasteiger partial charge is 0.872 e. The second kappa shape index (κ2) is 9.82. The first kappa shape index (κ1) is 18.0. The Kier molecular flexibility index (Phi) is 8.04. The van der Waals surface area contributed by atoms with Crippen molar-refractivity contribution in [3.63, 3.8) is 0 Å². The molecule has 0 spiro atoms.